The highest BCUT2D eigenvalue weighted by molar-refractivity contribution is 4.15. The van der Waals surface area contributed by atoms with Gasteiger partial charge in [-0.25, -0.2) is 0 Å². The Morgan fingerprint density at radius 1 is 1.00 bits per heavy atom. The fourth-order valence-electron chi connectivity index (χ4n) is 0.155. The second kappa shape index (κ2) is 3.41. The number of hydroxylamine groups is 2. The smallest absolute Gasteiger partial charge is 0.400 e. The normalized spacial score (nSPS) is 13.8. The van der Waals surface area contributed by atoms with Crippen molar-refractivity contribution in [1.82, 2.24) is 0 Å². The van der Waals surface area contributed by atoms with Crippen molar-refractivity contribution in [2.45, 2.75) is 0 Å². The highest BCUT2D eigenvalue weighted by Crippen LogP contribution is 1.76. The first-order valence-corrected chi connectivity index (χ1v) is 1.76. The van der Waals surface area contributed by atoms with Gasteiger partial charge in [0.15, 0.2) is 0 Å². The van der Waals surface area contributed by atoms with E-state index in [9.17, 15) is 20.8 Å². The van der Waals surface area contributed by atoms with Crippen LogP contribution < -0.4 is 0 Å². The second-order valence-electron chi connectivity index (χ2n) is 1.01. The van der Waals surface area contributed by atoms with E-state index in [1.807, 2.05) is 0 Å². The predicted molar refractivity (Wildman–Crippen MR) is 23.7 cm³/mol. The van der Waals surface area contributed by atoms with E-state index >= 15 is 0 Å². The molecule has 0 aliphatic carbocycles. The van der Waals surface area contributed by atoms with Gasteiger partial charge in [-0.2, -0.15) is 0 Å². The first-order chi connectivity index (χ1) is 4.20. The van der Waals surface area contributed by atoms with Crippen LogP contribution in [-0.4, -0.2) is 16.4 Å². The van der Waals surface area contributed by atoms with Crippen molar-refractivity contribution in [1.29, 1.82) is 0 Å². The third kappa shape index (κ3) is 3.02. The van der Waals surface area contributed by atoms with Crippen LogP contribution in [0.5, 0.6) is 0 Å². The lowest BCUT2D eigenvalue weighted by atomic mass is 11.2. The molecule has 0 rings (SSSR count). The van der Waals surface area contributed by atoms with Crippen molar-refractivity contribution >= 4 is 0 Å². The Kier molecular flexibility index (Phi) is 2.80. The highest BCUT2D eigenvalue weighted by Gasteiger charge is 1.96. The monoisotopic (exact) mass is 134 g/mol. The fraction of sp³-hybridized carbons (Fsp3) is 1.00. The van der Waals surface area contributed by atoms with Gasteiger partial charge in [0, 0.05) is 0 Å². The summed E-state index contributed by atoms with van der Waals surface area (Å²) < 4.78 is 0. The van der Waals surface area contributed by atoms with Gasteiger partial charge < -0.3 is 20.8 Å². The van der Waals surface area contributed by atoms with Crippen molar-refractivity contribution in [2.24, 2.45) is 10.6 Å². The number of hydrogen-bond acceptors (Lipinski definition) is 6. The zero-order valence-corrected chi connectivity index (χ0v) is 4.13. The summed E-state index contributed by atoms with van der Waals surface area (Å²) >= 11 is 0. The number of hydrogen-bond donors (Lipinski definition) is 0. The molecule has 52 valence electrons. The summed E-state index contributed by atoms with van der Waals surface area (Å²) in [7, 11) is 0. The Balaban J connectivity index is 3.75. The molecule has 0 saturated heterocycles. The standard InChI is InChI=1S/CH4N4O4/c6-2-4(8)1-5(9)3-7/h6-7H,1H2/p-2/b4-2-,5-3-. The molecule has 0 N–H and O–H groups in total. The van der Waals surface area contributed by atoms with Crippen molar-refractivity contribution < 1.29 is 9.72 Å². The van der Waals surface area contributed by atoms with Gasteiger partial charge in [-0.1, -0.05) is 0 Å². The molecule has 0 saturated carbocycles. The third-order valence-electron chi connectivity index (χ3n) is 0.424. The lowest BCUT2D eigenvalue weighted by molar-refractivity contribution is -0.729. The Bertz CT molecular complexity index is 124. The predicted octanol–water partition coefficient (Wildman–Crippen LogP) is -0.136. The Morgan fingerprint density at radius 2 is 1.33 bits per heavy atom. The topological polar surface area (TPSA) is 123 Å². The maximum atomic E-state index is 9.78. The highest BCUT2D eigenvalue weighted by atomic mass is 16.6. The van der Waals surface area contributed by atoms with Crippen LogP contribution in [0.2, 0.25) is 0 Å². The van der Waals surface area contributed by atoms with E-state index in [-0.39, 0.29) is 0 Å². The van der Waals surface area contributed by atoms with Gasteiger partial charge in [0.2, 0.25) is 0 Å². The van der Waals surface area contributed by atoms with E-state index in [1.165, 1.54) is 0 Å². The maximum Gasteiger partial charge on any atom is 0.400 e. The summed E-state index contributed by atoms with van der Waals surface area (Å²) in [5, 5.41) is 41.5. The van der Waals surface area contributed by atoms with Gasteiger partial charge in [-0.05, 0) is 20.3 Å². The van der Waals surface area contributed by atoms with E-state index in [1.54, 1.807) is 10.6 Å². The van der Waals surface area contributed by atoms with Gasteiger partial charge >= 0.3 is 6.67 Å². The molecule has 0 fully saturated rings. The summed E-state index contributed by atoms with van der Waals surface area (Å²) in [6.07, 6.45) is 0. The van der Waals surface area contributed by atoms with Gasteiger partial charge in [-0.3, -0.25) is 0 Å². The Labute approximate surface area is 49.0 Å². The molecule has 0 heterocycles. The Hall–Kier alpha value is -1.60. The molecule has 0 bridgehead atoms. The van der Waals surface area contributed by atoms with Gasteiger partial charge in [0.1, 0.15) is 0 Å². The van der Waals surface area contributed by atoms with Crippen LogP contribution in [0.4, 0.5) is 0 Å². The van der Waals surface area contributed by atoms with Crippen LogP contribution in [0.1, 0.15) is 0 Å². The molecule has 0 aromatic rings. The lowest BCUT2D eigenvalue weighted by Gasteiger charge is -2.00. The molecule has 9 heavy (non-hydrogen) atoms. The average Bonchev–Trinajstić information content (AvgIpc) is 1.87. The molecular weight excluding hydrogens is 132 g/mol. The molecule has 8 nitrogen and oxygen atoms in total. The van der Waals surface area contributed by atoms with Crippen LogP contribution >= 0.6 is 0 Å². The maximum absolute atomic E-state index is 9.78. The molecule has 0 radical (unpaired) electrons. The summed E-state index contributed by atoms with van der Waals surface area (Å²) in [6, 6.07) is 0. The van der Waals surface area contributed by atoms with E-state index < -0.39 is 16.4 Å². The van der Waals surface area contributed by atoms with Crippen LogP contribution in [0.3, 0.4) is 0 Å². The fourth-order valence-corrected chi connectivity index (χ4v) is 0.155. The number of rotatable bonds is 2. The molecule has 0 spiro atoms. The van der Waals surface area contributed by atoms with Gasteiger partial charge in [0.05, 0.1) is 0 Å². The van der Waals surface area contributed by atoms with Crippen LogP contribution in [0.15, 0.2) is 10.6 Å². The molecule has 8 heteroatoms. The largest absolute Gasteiger partial charge is 0.739 e. The summed E-state index contributed by atoms with van der Waals surface area (Å²) in [5.41, 5.74) is 0. The van der Waals surface area contributed by atoms with Crippen molar-refractivity contribution in [3.8, 4) is 0 Å². The summed E-state index contributed by atoms with van der Waals surface area (Å²) in [4.78, 5) is -1.01. The van der Waals surface area contributed by atoms with E-state index in [0.717, 1.165) is 0 Å². The molecule has 0 aromatic carbocycles. The molecule has 0 atom stereocenters. The summed E-state index contributed by atoms with van der Waals surface area (Å²) in [5.74, 6) is 0. The zero-order valence-electron chi connectivity index (χ0n) is 4.13. The van der Waals surface area contributed by atoms with Crippen molar-refractivity contribution in [3.63, 3.8) is 0 Å². The molecule has 0 aromatic heterocycles. The first-order valence-electron chi connectivity index (χ1n) is 1.76. The molecule has 0 aliphatic heterocycles. The molecule has 0 amide bonds. The van der Waals surface area contributed by atoms with E-state index in [0.29, 0.717) is 0 Å². The minimum atomic E-state index is -0.993. The minimum absolute atomic E-state index is 0.506. The zero-order chi connectivity index (χ0) is 7.28. The van der Waals surface area contributed by atoms with Crippen molar-refractivity contribution in [3.05, 3.63) is 20.8 Å². The SMILES string of the molecule is [O-]/N=[N+](\[O-])C/[N+]([O-])=N/[O-]. The lowest BCUT2D eigenvalue weighted by Crippen LogP contribution is -2.12. The molecule has 0 aliphatic rings. The van der Waals surface area contributed by atoms with Gasteiger partial charge in [0.25, 0.3) is 0 Å². The third-order valence-corrected chi connectivity index (χ3v) is 0.424. The average molecular weight is 134 g/mol. The minimum Gasteiger partial charge on any atom is -0.739 e. The number of nitrogens with zero attached hydrogens (tertiary/aromatic N) is 4. The Morgan fingerprint density at radius 3 is 1.56 bits per heavy atom. The summed E-state index contributed by atoms with van der Waals surface area (Å²) in [6.45, 7) is -0.993. The van der Waals surface area contributed by atoms with Crippen LogP contribution in [0, 0.1) is 20.8 Å². The van der Waals surface area contributed by atoms with Crippen LogP contribution in [0.25, 0.3) is 0 Å². The second-order valence-corrected chi connectivity index (χ2v) is 1.01. The van der Waals surface area contributed by atoms with E-state index in [4.69, 9.17) is 0 Å². The quantitative estimate of drug-likeness (QED) is 0.225. The van der Waals surface area contributed by atoms with Gasteiger partial charge in [-0.15, -0.1) is 0 Å². The molecule has 0 unspecified atom stereocenters. The van der Waals surface area contributed by atoms with Crippen LogP contribution in [-0.2, 0) is 0 Å². The van der Waals surface area contributed by atoms with Crippen molar-refractivity contribution in [2.75, 3.05) is 6.67 Å². The van der Waals surface area contributed by atoms with E-state index in [2.05, 4.69) is 0 Å². The first kappa shape index (κ1) is 7.40. The molecular formula is CH2N4O4-2.